The SMILES string of the molecule is [2H][13C](=O)O.[Na]. The second-order valence-electron chi connectivity index (χ2n) is 0.0913. The molecule has 0 spiro atoms. The first-order valence-electron chi connectivity index (χ1n) is 0.928. The maximum absolute atomic E-state index is 8.67. The van der Waals surface area contributed by atoms with E-state index in [9.17, 15) is 0 Å². The molecule has 0 heterocycles. The van der Waals surface area contributed by atoms with Crippen LogP contribution in [0, 0.1) is 0 Å². The van der Waals surface area contributed by atoms with E-state index in [1.807, 2.05) is 0 Å². The van der Waals surface area contributed by atoms with Crippen LogP contribution >= 0.6 is 0 Å². The Bertz CT molecular complexity index is 32.6. The fourth-order valence-corrected chi connectivity index (χ4v) is 0. The first-order chi connectivity index (χ1) is 1.73. The Morgan fingerprint density at radius 2 is 2.25 bits per heavy atom. The predicted molar refractivity (Wildman–Crippen MR) is 14.4 cm³/mol. The number of carbonyl (C=O) groups is 1. The molecule has 0 aliphatic carbocycles. The van der Waals surface area contributed by atoms with Crippen LogP contribution in [-0.2, 0) is 4.79 Å². The number of carboxylic acid groups (broad SMARTS) is 1. The molecule has 0 aromatic carbocycles. The molecule has 4 heavy (non-hydrogen) atoms. The minimum absolute atomic E-state index is 0. The van der Waals surface area contributed by atoms with E-state index in [0.29, 0.717) is 0 Å². The first kappa shape index (κ1) is 4.47. The maximum atomic E-state index is 8.67. The third-order valence-electron chi connectivity index (χ3n) is 0. The van der Waals surface area contributed by atoms with E-state index in [1.54, 1.807) is 0 Å². The molecule has 0 saturated heterocycles. The van der Waals surface area contributed by atoms with Crippen LogP contribution in [0.4, 0.5) is 0 Å². The quantitative estimate of drug-likeness (QED) is 0.233. The molecule has 0 atom stereocenters. The molecule has 0 saturated carbocycles. The second-order valence-corrected chi connectivity index (χ2v) is 0.0913. The van der Waals surface area contributed by atoms with Crippen molar-refractivity contribution in [1.82, 2.24) is 0 Å². The van der Waals surface area contributed by atoms with E-state index < -0.39 is 6.45 Å². The van der Waals surface area contributed by atoms with Crippen molar-refractivity contribution in [1.29, 1.82) is 0 Å². The van der Waals surface area contributed by atoms with Gasteiger partial charge in [0.15, 0.2) is 1.37 Å². The summed E-state index contributed by atoms with van der Waals surface area (Å²) in [6, 6.07) is 0. The van der Waals surface area contributed by atoms with Crippen LogP contribution < -0.4 is 0 Å². The van der Waals surface area contributed by atoms with E-state index in [-0.39, 0.29) is 29.6 Å². The molecule has 1 N–H and O–H groups in total. The van der Waals surface area contributed by atoms with Gasteiger partial charge < -0.3 is 5.11 Å². The molecule has 0 aliphatic heterocycles. The number of rotatable bonds is 0. The molecule has 3 heteroatoms. The predicted octanol–water partition coefficient (Wildman–Crippen LogP) is -0.680. The number of hydrogen-bond donors (Lipinski definition) is 1. The van der Waals surface area contributed by atoms with Crippen molar-refractivity contribution in [2.45, 2.75) is 0 Å². The molecule has 0 amide bonds. The monoisotopic (exact) mass is 71.0 g/mol. The average molecular weight is 71.0 g/mol. The van der Waals surface area contributed by atoms with Crippen molar-refractivity contribution in [3.05, 3.63) is 0 Å². The van der Waals surface area contributed by atoms with E-state index in [1.165, 1.54) is 0 Å². The molecule has 0 aromatic rings. The normalized spacial score (nSPS) is 6.50. The summed E-state index contributed by atoms with van der Waals surface area (Å²) in [6.45, 7) is 0. The minimum atomic E-state index is -1.58. The van der Waals surface area contributed by atoms with E-state index in [0.717, 1.165) is 0 Å². The van der Waals surface area contributed by atoms with Gasteiger partial charge in [0.1, 0.15) is 0 Å². The van der Waals surface area contributed by atoms with Crippen molar-refractivity contribution in [2.24, 2.45) is 0 Å². The van der Waals surface area contributed by atoms with Crippen LogP contribution in [0.15, 0.2) is 0 Å². The van der Waals surface area contributed by atoms with E-state index in [4.69, 9.17) is 11.3 Å². The molecule has 0 rings (SSSR count). The standard InChI is InChI=1S/CH2O2.Na/c2-1-3;/h1H,(H,2,3);/i1+1D;. The largest absolute Gasteiger partial charge is 0.483 e. The molecule has 2 nitrogen and oxygen atoms in total. The molecule has 0 bridgehead atoms. The Morgan fingerprint density at radius 3 is 2.25 bits per heavy atom. The van der Waals surface area contributed by atoms with Crippen LogP contribution in [0.1, 0.15) is 1.37 Å². The summed E-state index contributed by atoms with van der Waals surface area (Å²) >= 11 is 0. The first-order valence-corrected chi connectivity index (χ1v) is 0.428. The van der Waals surface area contributed by atoms with Gasteiger partial charge in [-0.3, -0.25) is 4.79 Å². The maximum Gasteiger partial charge on any atom is 0.290 e. The molecule has 0 fully saturated rings. The molecule has 0 aliphatic rings. The number of hydrogen-bond acceptors (Lipinski definition) is 1. The summed E-state index contributed by atoms with van der Waals surface area (Å²) in [5.41, 5.74) is 0. The van der Waals surface area contributed by atoms with Crippen molar-refractivity contribution in [2.75, 3.05) is 0 Å². The van der Waals surface area contributed by atoms with Crippen LogP contribution in [-0.4, -0.2) is 41.1 Å². The van der Waals surface area contributed by atoms with Gasteiger partial charge in [-0.05, 0) is 0 Å². The van der Waals surface area contributed by atoms with E-state index in [2.05, 4.69) is 0 Å². The van der Waals surface area contributed by atoms with Gasteiger partial charge in [0.25, 0.3) is 6.45 Å². The molecule has 1 radical (unpaired) electrons. The van der Waals surface area contributed by atoms with Gasteiger partial charge >= 0.3 is 0 Å². The molecule has 0 unspecified atom stereocenters. The van der Waals surface area contributed by atoms with Crippen molar-refractivity contribution >= 4 is 36.0 Å². The van der Waals surface area contributed by atoms with Gasteiger partial charge in [-0.2, -0.15) is 0 Å². The van der Waals surface area contributed by atoms with Gasteiger partial charge in [0, 0.05) is 29.6 Å². The fraction of sp³-hybridized carbons (Fsp3) is 0. The van der Waals surface area contributed by atoms with Gasteiger partial charge in [0.2, 0.25) is 0 Å². The summed E-state index contributed by atoms with van der Waals surface area (Å²) < 4.78 is 5.50. The van der Waals surface area contributed by atoms with E-state index >= 15 is 0 Å². The Balaban J connectivity index is 0. The molecular weight excluding hydrogens is 68.0 g/mol. The zero-order valence-electron chi connectivity index (χ0n) is 3.36. The van der Waals surface area contributed by atoms with Crippen LogP contribution in [0.5, 0.6) is 0 Å². The van der Waals surface area contributed by atoms with Crippen LogP contribution in [0.3, 0.4) is 0 Å². The molecule has 19 valence electrons. The Labute approximate surface area is 47.5 Å². The zero-order valence-corrected chi connectivity index (χ0v) is 4.36. The van der Waals surface area contributed by atoms with Crippen molar-refractivity contribution < 1.29 is 11.3 Å². The molecule has 0 aromatic heterocycles. The minimum Gasteiger partial charge on any atom is -0.483 e. The zero-order chi connectivity index (χ0) is 3.58. The van der Waals surface area contributed by atoms with Gasteiger partial charge in [-0.1, -0.05) is 0 Å². The fourth-order valence-electron chi connectivity index (χ4n) is 0. The summed E-state index contributed by atoms with van der Waals surface area (Å²) in [4.78, 5) is 8.67. The van der Waals surface area contributed by atoms with Gasteiger partial charge in [-0.15, -0.1) is 0 Å². The average Bonchev–Trinajstić information content (AvgIpc) is 0.811. The topological polar surface area (TPSA) is 37.3 Å². The van der Waals surface area contributed by atoms with Crippen LogP contribution in [0.2, 0.25) is 0 Å². The third-order valence-corrected chi connectivity index (χ3v) is 0. The Kier molecular flexibility index (Phi) is 10.9. The van der Waals surface area contributed by atoms with Crippen LogP contribution in [0.25, 0.3) is 0 Å². The summed E-state index contributed by atoms with van der Waals surface area (Å²) in [5, 5.41) is 7.08. The molecular formula is CH2NaO2. The Morgan fingerprint density at radius 1 is 2.25 bits per heavy atom. The second kappa shape index (κ2) is 9.80. The van der Waals surface area contributed by atoms with Gasteiger partial charge in [0.05, 0.1) is 0 Å². The third kappa shape index (κ3) is 24.2. The van der Waals surface area contributed by atoms with Gasteiger partial charge in [-0.25, -0.2) is 0 Å². The summed E-state index contributed by atoms with van der Waals surface area (Å²) in [5.74, 6) is 0. The summed E-state index contributed by atoms with van der Waals surface area (Å²) in [6.07, 6.45) is -1.58. The van der Waals surface area contributed by atoms with Crippen molar-refractivity contribution in [3.8, 4) is 0 Å². The Hall–Kier alpha value is 0.470. The summed E-state index contributed by atoms with van der Waals surface area (Å²) in [7, 11) is 0. The smallest absolute Gasteiger partial charge is 0.290 e. The van der Waals surface area contributed by atoms with Crippen molar-refractivity contribution in [3.63, 3.8) is 0 Å².